The maximum absolute atomic E-state index is 12.6. The normalized spacial score (nSPS) is 18.9. The molecule has 2 aromatic heterocycles. The molecule has 2 heterocycles. The predicted molar refractivity (Wildman–Crippen MR) is 250 cm³/mol. The van der Waals surface area contributed by atoms with Crippen LogP contribution in [0.15, 0.2) is 106 Å². The molecular weight excluding hydrogens is 886 g/mol. The Labute approximate surface area is 390 Å². The molecule has 0 spiro atoms. The van der Waals surface area contributed by atoms with E-state index >= 15 is 0 Å². The first kappa shape index (κ1) is 49.4. The SMILES string of the molecule is Cc1cccc(-c2nc(CO[C@H]3CCC[C@@H](OCc4cccc(N)c4)C3)c(C)o2)c1.Cc1cccc(-c2nc(CO[C@H]3CCC[C@@H](OCc4cccc(NS(=O)(=O)C(F)(F)F)c4)C3)c(C)o2)c1. The van der Waals surface area contributed by atoms with Gasteiger partial charge in [0, 0.05) is 22.5 Å². The largest absolute Gasteiger partial charge is 0.516 e. The molecule has 0 radical (unpaired) electrons. The second-order valence-corrected chi connectivity index (χ2v) is 19.0. The average Bonchev–Trinajstić information content (AvgIpc) is 3.87. The van der Waals surface area contributed by atoms with Crippen molar-refractivity contribution in [3.05, 3.63) is 142 Å². The summed E-state index contributed by atoms with van der Waals surface area (Å²) in [6.45, 7) is 9.40. The Morgan fingerprint density at radius 1 is 0.612 bits per heavy atom. The molecule has 2 aliphatic rings. The number of nitrogens with zero attached hydrogens (tertiary/aromatic N) is 2. The number of hydrogen-bond acceptors (Lipinski definition) is 11. The van der Waals surface area contributed by atoms with Crippen molar-refractivity contribution in [3.8, 4) is 22.9 Å². The van der Waals surface area contributed by atoms with Crippen molar-refractivity contribution in [1.29, 1.82) is 0 Å². The van der Waals surface area contributed by atoms with E-state index in [4.69, 9.17) is 33.5 Å². The van der Waals surface area contributed by atoms with Crippen molar-refractivity contribution in [3.63, 3.8) is 0 Å². The minimum atomic E-state index is -5.48. The van der Waals surface area contributed by atoms with E-state index in [2.05, 4.69) is 29.0 Å². The third kappa shape index (κ3) is 14.2. The van der Waals surface area contributed by atoms with Crippen molar-refractivity contribution in [2.24, 2.45) is 0 Å². The molecule has 358 valence electrons. The first-order valence-electron chi connectivity index (χ1n) is 22.6. The van der Waals surface area contributed by atoms with Crippen LogP contribution in [-0.2, 0) is 55.4 Å². The van der Waals surface area contributed by atoms with Crippen LogP contribution < -0.4 is 10.5 Å². The van der Waals surface area contributed by atoms with E-state index in [1.54, 1.807) is 10.8 Å². The van der Waals surface area contributed by atoms with Gasteiger partial charge in [0.05, 0.1) is 50.8 Å². The van der Waals surface area contributed by atoms with E-state index in [0.29, 0.717) is 49.3 Å². The van der Waals surface area contributed by atoms with Crippen LogP contribution in [0.25, 0.3) is 22.9 Å². The number of oxazole rings is 2. The fraction of sp³-hybridized carbons (Fsp3) is 0.412. The van der Waals surface area contributed by atoms with Crippen molar-refractivity contribution >= 4 is 21.4 Å². The lowest BCUT2D eigenvalue weighted by Gasteiger charge is -2.29. The van der Waals surface area contributed by atoms with Gasteiger partial charge >= 0.3 is 15.5 Å². The third-order valence-electron chi connectivity index (χ3n) is 11.8. The third-order valence-corrected chi connectivity index (χ3v) is 12.9. The van der Waals surface area contributed by atoms with Gasteiger partial charge in [-0.25, -0.2) is 9.97 Å². The standard InChI is InChI=1S/C26H29F3N2O5S.C25H30N2O3/c1-17-6-3-8-20(12-17)25-30-24(18(2)36-25)16-35-23-11-5-10-22(14-23)34-15-19-7-4-9-21(13-19)31-37(32,33)26(27,28)29;1-17-6-3-8-20(12-17)25-27-24(18(2)30-25)16-29-23-11-5-10-22(14-23)28-15-19-7-4-9-21(26)13-19/h3-4,6-9,12-13,22-23,31H,5,10-11,14-16H2,1-2H3;3-4,6-9,12-13,22-23H,5,10-11,14-16,26H2,1-2H3/t2*22-,23+/m11/s1. The molecule has 12 nitrogen and oxygen atoms in total. The Kier molecular flexibility index (Phi) is 16.6. The lowest BCUT2D eigenvalue weighted by atomic mass is 9.95. The van der Waals surface area contributed by atoms with Gasteiger partial charge in [-0.05, 0) is 139 Å². The number of sulfonamides is 1. The van der Waals surface area contributed by atoms with Crippen LogP contribution in [0.1, 0.15) is 96.5 Å². The Balaban J connectivity index is 0.000000203. The molecule has 0 aliphatic heterocycles. The molecule has 6 aromatic rings. The molecule has 4 aromatic carbocycles. The van der Waals surface area contributed by atoms with Crippen LogP contribution in [0.4, 0.5) is 24.5 Å². The number of nitrogens with two attached hydrogens (primary N) is 1. The minimum Gasteiger partial charge on any atom is -0.441 e. The van der Waals surface area contributed by atoms with Crippen LogP contribution in [0, 0.1) is 27.7 Å². The van der Waals surface area contributed by atoms with Crippen LogP contribution in [0.3, 0.4) is 0 Å². The Morgan fingerprint density at radius 3 is 1.49 bits per heavy atom. The first-order chi connectivity index (χ1) is 32.1. The molecule has 0 amide bonds. The molecule has 16 heteroatoms. The molecule has 2 aliphatic carbocycles. The molecule has 3 N–H and O–H groups in total. The first-order valence-corrected chi connectivity index (χ1v) is 24.1. The van der Waals surface area contributed by atoms with Gasteiger partial charge in [-0.3, -0.25) is 4.72 Å². The topological polar surface area (TPSA) is 161 Å². The summed E-state index contributed by atoms with van der Waals surface area (Å²) >= 11 is 0. The molecule has 2 saturated carbocycles. The zero-order valence-corrected chi connectivity index (χ0v) is 39.1. The van der Waals surface area contributed by atoms with Crippen LogP contribution >= 0.6 is 0 Å². The number of halogens is 3. The fourth-order valence-corrected chi connectivity index (χ4v) is 8.73. The number of alkyl halides is 3. The monoisotopic (exact) mass is 944 g/mol. The highest BCUT2D eigenvalue weighted by Gasteiger charge is 2.46. The number of benzene rings is 4. The van der Waals surface area contributed by atoms with Crippen molar-refractivity contribution < 1.29 is 49.4 Å². The molecule has 0 saturated heterocycles. The summed E-state index contributed by atoms with van der Waals surface area (Å²) in [7, 11) is -5.48. The van der Waals surface area contributed by atoms with Crippen LogP contribution in [0.5, 0.6) is 0 Å². The molecule has 0 unspecified atom stereocenters. The summed E-state index contributed by atoms with van der Waals surface area (Å²) in [5.41, 5.74) is 8.58. The van der Waals surface area contributed by atoms with E-state index in [-0.39, 0.29) is 36.7 Å². The van der Waals surface area contributed by atoms with Crippen LogP contribution in [0.2, 0.25) is 0 Å². The summed E-state index contributed by atoms with van der Waals surface area (Å²) in [5.74, 6) is 2.74. The van der Waals surface area contributed by atoms with E-state index in [1.165, 1.54) is 23.8 Å². The number of nitrogen functional groups attached to an aromatic ring is 1. The number of aromatic nitrogens is 2. The Bertz CT molecular complexity index is 2670. The number of aryl methyl sites for hydroxylation is 4. The molecule has 8 rings (SSSR count). The summed E-state index contributed by atoms with van der Waals surface area (Å²) in [6.07, 6.45) is 7.73. The van der Waals surface area contributed by atoms with E-state index in [9.17, 15) is 21.6 Å². The van der Waals surface area contributed by atoms with Gasteiger partial charge < -0.3 is 33.5 Å². The summed E-state index contributed by atoms with van der Waals surface area (Å²) in [4.78, 5) is 9.28. The number of nitrogens with one attached hydrogen (secondary N) is 1. The Morgan fingerprint density at radius 2 is 1.04 bits per heavy atom. The lowest BCUT2D eigenvalue weighted by molar-refractivity contribution is -0.0564. The maximum atomic E-state index is 12.6. The Hall–Kier alpha value is -5.52. The molecule has 2 fully saturated rings. The fourth-order valence-electron chi connectivity index (χ4n) is 8.18. The van der Waals surface area contributed by atoms with E-state index in [1.807, 2.05) is 81.4 Å². The lowest BCUT2D eigenvalue weighted by Crippen LogP contribution is -2.30. The molecular formula is C51H59F3N4O8S. The highest BCUT2D eigenvalue weighted by Crippen LogP contribution is 2.31. The van der Waals surface area contributed by atoms with E-state index in [0.717, 1.165) is 90.0 Å². The zero-order valence-electron chi connectivity index (χ0n) is 38.3. The van der Waals surface area contributed by atoms with Crippen molar-refractivity contribution in [1.82, 2.24) is 9.97 Å². The van der Waals surface area contributed by atoms with Gasteiger partial charge in [0.15, 0.2) is 0 Å². The second kappa shape index (κ2) is 22.5. The number of anilines is 2. The molecule has 0 bridgehead atoms. The van der Waals surface area contributed by atoms with Gasteiger partial charge in [0.25, 0.3) is 0 Å². The number of ether oxygens (including phenoxy) is 4. The molecule has 67 heavy (non-hydrogen) atoms. The number of hydrogen-bond donors (Lipinski definition) is 2. The van der Waals surface area contributed by atoms with Gasteiger partial charge in [-0.15, -0.1) is 0 Å². The van der Waals surface area contributed by atoms with Gasteiger partial charge in [0.1, 0.15) is 22.9 Å². The van der Waals surface area contributed by atoms with Crippen molar-refractivity contribution in [2.45, 2.75) is 135 Å². The van der Waals surface area contributed by atoms with E-state index < -0.39 is 15.5 Å². The quantitative estimate of drug-likeness (QED) is 0.0889. The van der Waals surface area contributed by atoms with Crippen LogP contribution in [-0.4, -0.2) is 48.3 Å². The highest BCUT2D eigenvalue weighted by molar-refractivity contribution is 7.93. The van der Waals surface area contributed by atoms with Crippen molar-refractivity contribution in [2.75, 3.05) is 10.5 Å². The average molecular weight is 945 g/mol. The summed E-state index contributed by atoms with van der Waals surface area (Å²) in [6, 6.07) is 29.7. The van der Waals surface area contributed by atoms with Gasteiger partial charge in [0.2, 0.25) is 11.8 Å². The van der Waals surface area contributed by atoms with Gasteiger partial charge in [-0.2, -0.15) is 21.6 Å². The predicted octanol–water partition coefficient (Wildman–Crippen LogP) is 11.8. The van der Waals surface area contributed by atoms with Gasteiger partial charge in [-0.1, -0.05) is 59.7 Å². The second-order valence-electron chi connectivity index (χ2n) is 17.3. The summed E-state index contributed by atoms with van der Waals surface area (Å²) in [5, 5.41) is 0. The minimum absolute atomic E-state index is 0.0257. The smallest absolute Gasteiger partial charge is 0.441 e. The zero-order chi connectivity index (χ0) is 47.6. The summed E-state index contributed by atoms with van der Waals surface area (Å²) < 4.78 is 98.4. The maximum Gasteiger partial charge on any atom is 0.516 e. The highest BCUT2D eigenvalue weighted by atomic mass is 32.2. The number of rotatable bonds is 16. The molecule has 4 atom stereocenters.